The average molecular weight is 236 g/mol. The van der Waals surface area contributed by atoms with Crippen molar-refractivity contribution in [1.29, 1.82) is 0 Å². The molecule has 0 saturated carbocycles. The first-order valence-corrected chi connectivity index (χ1v) is 5.10. The van der Waals surface area contributed by atoms with Crippen molar-refractivity contribution in [3.8, 4) is 11.4 Å². The van der Waals surface area contributed by atoms with Gasteiger partial charge in [0.05, 0.1) is 0 Å². The molecule has 5 heteroatoms. The van der Waals surface area contributed by atoms with Crippen molar-refractivity contribution < 1.29 is 4.79 Å². The Hall–Kier alpha value is -1.81. The minimum atomic E-state index is -0.395. The van der Waals surface area contributed by atoms with Crippen LogP contribution in [0.5, 0.6) is 0 Å². The Labute approximate surface area is 97.7 Å². The minimum absolute atomic E-state index is 0.123. The topological polar surface area (TPSA) is 60.9 Å². The first-order chi connectivity index (χ1) is 7.66. The Bertz CT molecular complexity index is 504. The second-order valence-electron chi connectivity index (χ2n) is 3.35. The number of benzene rings is 1. The van der Waals surface area contributed by atoms with Crippen molar-refractivity contribution in [2.24, 2.45) is 5.73 Å². The normalized spacial score (nSPS) is 10.3. The standard InChI is InChI=1S/C11H10ClN3O/c12-9-3-1-8(2-4-9)11-14-5-6-15(11)7-10(13)16/h1-6H,7H2,(H2,13,16). The van der Waals surface area contributed by atoms with Crippen LogP contribution in [0.1, 0.15) is 0 Å². The average Bonchev–Trinajstić information content (AvgIpc) is 2.66. The van der Waals surface area contributed by atoms with E-state index in [1.165, 1.54) is 0 Å². The Balaban J connectivity index is 2.36. The van der Waals surface area contributed by atoms with E-state index in [1.54, 1.807) is 29.1 Å². The van der Waals surface area contributed by atoms with Gasteiger partial charge in [-0.15, -0.1) is 0 Å². The number of hydrogen-bond donors (Lipinski definition) is 1. The van der Waals surface area contributed by atoms with Gasteiger partial charge in [0.1, 0.15) is 12.4 Å². The SMILES string of the molecule is NC(=O)Cn1ccnc1-c1ccc(Cl)cc1. The van der Waals surface area contributed by atoms with Gasteiger partial charge >= 0.3 is 0 Å². The van der Waals surface area contributed by atoms with Crippen LogP contribution in [0.2, 0.25) is 5.02 Å². The molecule has 0 spiro atoms. The third-order valence-electron chi connectivity index (χ3n) is 2.14. The van der Waals surface area contributed by atoms with Gasteiger partial charge in [0.25, 0.3) is 0 Å². The van der Waals surface area contributed by atoms with Crippen molar-refractivity contribution in [2.75, 3.05) is 0 Å². The summed E-state index contributed by atoms with van der Waals surface area (Å²) in [6.07, 6.45) is 3.35. The maximum absolute atomic E-state index is 10.9. The highest BCUT2D eigenvalue weighted by molar-refractivity contribution is 6.30. The zero-order chi connectivity index (χ0) is 11.5. The van der Waals surface area contributed by atoms with Crippen molar-refractivity contribution in [3.05, 3.63) is 41.7 Å². The van der Waals surface area contributed by atoms with E-state index in [1.807, 2.05) is 12.1 Å². The number of halogens is 1. The maximum Gasteiger partial charge on any atom is 0.237 e. The van der Waals surface area contributed by atoms with E-state index in [0.717, 1.165) is 5.56 Å². The van der Waals surface area contributed by atoms with Crippen LogP contribution in [0.15, 0.2) is 36.7 Å². The van der Waals surface area contributed by atoms with Gasteiger partial charge in [-0.25, -0.2) is 4.98 Å². The van der Waals surface area contributed by atoms with Crippen molar-refractivity contribution in [2.45, 2.75) is 6.54 Å². The second-order valence-corrected chi connectivity index (χ2v) is 3.79. The van der Waals surface area contributed by atoms with Gasteiger partial charge in [0.2, 0.25) is 5.91 Å². The van der Waals surface area contributed by atoms with Crippen LogP contribution < -0.4 is 5.73 Å². The Morgan fingerprint density at radius 1 is 1.38 bits per heavy atom. The van der Waals surface area contributed by atoms with Crippen molar-refractivity contribution in [1.82, 2.24) is 9.55 Å². The molecule has 0 saturated heterocycles. The fraction of sp³-hybridized carbons (Fsp3) is 0.0909. The molecule has 0 atom stereocenters. The van der Waals surface area contributed by atoms with E-state index in [9.17, 15) is 4.79 Å². The number of rotatable bonds is 3. The molecule has 1 aromatic heterocycles. The Morgan fingerprint density at radius 2 is 2.06 bits per heavy atom. The van der Waals surface area contributed by atoms with Crippen molar-refractivity contribution >= 4 is 17.5 Å². The Morgan fingerprint density at radius 3 is 2.69 bits per heavy atom. The van der Waals surface area contributed by atoms with E-state index in [4.69, 9.17) is 17.3 Å². The molecule has 0 fully saturated rings. The molecule has 2 aromatic rings. The minimum Gasteiger partial charge on any atom is -0.368 e. The molecule has 0 aliphatic heterocycles. The fourth-order valence-electron chi connectivity index (χ4n) is 1.46. The monoisotopic (exact) mass is 235 g/mol. The molecule has 1 aromatic carbocycles. The summed E-state index contributed by atoms with van der Waals surface area (Å²) >= 11 is 5.80. The molecule has 82 valence electrons. The number of carbonyl (C=O) groups is 1. The molecule has 16 heavy (non-hydrogen) atoms. The lowest BCUT2D eigenvalue weighted by Gasteiger charge is -2.05. The molecule has 0 unspecified atom stereocenters. The quantitative estimate of drug-likeness (QED) is 0.880. The van der Waals surface area contributed by atoms with Gasteiger partial charge in [0, 0.05) is 23.0 Å². The second kappa shape index (κ2) is 4.37. The van der Waals surface area contributed by atoms with E-state index in [0.29, 0.717) is 10.8 Å². The summed E-state index contributed by atoms with van der Waals surface area (Å²) in [5, 5.41) is 0.664. The highest BCUT2D eigenvalue weighted by Gasteiger charge is 2.07. The summed E-state index contributed by atoms with van der Waals surface area (Å²) in [5.41, 5.74) is 6.04. The lowest BCUT2D eigenvalue weighted by Crippen LogP contribution is -2.18. The molecule has 2 N–H and O–H groups in total. The highest BCUT2D eigenvalue weighted by Crippen LogP contribution is 2.19. The number of aromatic nitrogens is 2. The third-order valence-corrected chi connectivity index (χ3v) is 2.40. The van der Waals surface area contributed by atoms with Gasteiger partial charge in [-0.3, -0.25) is 4.79 Å². The molecule has 1 amide bonds. The molecule has 1 heterocycles. The molecule has 2 rings (SSSR count). The summed E-state index contributed by atoms with van der Waals surface area (Å²) in [4.78, 5) is 15.0. The smallest absolute Gasteiger partial charge is 0.237 e. The van der Waals surface area contributed by atoms with Crippen molar-refractivity contribution in [3.63, 3.8) is 0 Å². The summed E-state index contributed by atoms with van der Waals surface area (Å²) in [6.45, 7) is 0.123. The first kappa shape index (κ1) is 10.7. The van der Waals surface area contributed by atoms with Crippen LogP contribution >= 0.6 is 11.6 Å². The predicted molar refractivity (Wildman–Crippen MR) is 61.9 cm³/mol. The first-order valence-electron chi connectivity index (χ1n) is 4.72. The van der Waals surface area contributed by atoms with E-state index in [2.05, 4.69) is 4.98 Å². The number of nitrogens with zero attached hydrogens (tertiary/aromatic N) is 2. The summed E-state index contributed by atoms with van der Waals surface area (Å²) in [7, 11) is 0. The molecule has 0 radical (unpaired) electrons. The number of imidazole rings is 1. The van der Waals surface area contributed by atoms with Crippen LogP contribution in [0.4, 0.5) is 0 Å². The maximum atomic E-state index is 10.9. The summed E-state index contributed by atoms with van der Waals surface area (Å²) in [6, 6.07) is 7.25. The van der Waals surface area contributed by atoms with E-state index < -0.39 is 5.91 Å². The van der Waals surface area contributed by atoms with Gasteiger partial charge in [-0.1, -0.05) is 11.6 Å². The van der Waals surface area contributed by atoms with Gasteiger partial charge in [-0.05, 0) is 24.3 Å². The number of carbonyl (C=O) groups excluding carboxylic acids is 1. The third kappa shape index (κ3) is 2.23. The van der Waals surface area contributed by atoms with Crippen LogP contribution in [-0.4, -0.2) is 15.5 Å². The summed E-state index contributed by atoms with van der Waals surface area (Å²) < 4.78 is 1.70. The molecule has 0 aliphatic carbocycles. The highest BCUT2D eigenvalue weighted by atomic mass is 35.5. The van der Waals surface area contributed by atoms with Gasteiger partial charge in [-0.2, -0.15) is 0 Å². The largest absolute Gasteiger partial charge is 0.368 e. The van der Waals surface area contributed by atoms with E-state index >= 15 is 0 Å². The van der Waals surface area contributed by atoms with Crippen LogP contribution in [0, 0.1) is 0 Å². The predicted octanol–water partition coefficient (Wildman–Crippen LogP) is 1.69. The molecule has 0 bridgehead atoms. The zero-order valence-electron chi connectivity index (χ0n) is 8.43. The lowest BCUT2D eigenvalue weighted by atomic mass is 10.2. The Kier molecular flexibility index (Phi) is 2.92. The van der Waals surface area contributed by atoms with Crippen LogP contribution in [-0.2, 0) is 11.3 Å². The number of nitrogens with two attached hydrogens (primary N) is 1. The zero-order valence-corrected chi connectivity index (χ0v) is 9.19. The van der Waals surface area contributed by atoms with Gasteiger partial charge < -0.3 is 10.3 Å². The number of amides is 1. The molecular formula is C11H10ClN3O. The number of primary amides is 1. The molecular weight excluding hydrogens is 226 g/mol. The molecule has 0 aliphatic rings. The number of hydrogen-bond acceptors (Lipinski definition) is 2. The fourth-order valence-corrected chi connectivity index (χ4v) is 1.59. The van der Waals surface area contributed by atoms with Gasteiger partial charge in [0.15, 0.2) is 0 Å². The lowest BCUT2D eigenvalue weighted by molar-refractivity contribution is -0.118. The molecule has 4 nitrogen and oxygen atoms in total. The van der Waals surface area contributed by atoms with Crippen LogP contribution in [0.3, 0.4) is 0 Å². The summed E-state index contributed by atoms with van der Waals surface area (Å²) in [5.74, 6) is 0.309. The van der Waals surface area contributed by atoms with Crippen LogP contribution in [0.25, 0.3) is 11.4 Å². The van der Waals surface area contributed by atoms with E-state index in [-0.39, 0.29) is 6.54 Å².